The normalized spacial score (nSPS) is 39.9. The molecule has 362 valence electrons. The van der Waals surface area contributed by atoms with Crippen LogP contribution in [0.4, 0.5) is 5.82 Å². The Morgan fingerprint density at radius 1 is 0.969 bits per heavy atom. The van der Waals surface area contributed by atoms with Crippen molar-refractivity contribution in [2.24, 2.45) is 11.8 Å². The molecule has 5 aliphatic heterocycles. The predicted molar refractivity (Wildman–Crippen MR) is 235 cm³/mol. The maximum absolute atomic E-state index is 13.5. The summed E-state index contributed by atoms with van der Waals surface area (Å²) in [6.07, 6.45) is -9.26. The van der Waals surface area contributed by atoms with Gasteiger partial charge in [-0.25, -0.2) is 10.0 Å². The molecule has 18 heteroatoms. The van der Waals surface area contributed by atoms with Crippen LogP contribution in [0.15, 0.2) is 48.6 Å². The SMILES string of the molecule is CCC(=O)O[C@H]1[C@H](C)O[C@@H](O[C@H]2[C@H](N(C)C)[C@@H](O)[C@@H](O[C@H]3[C@@H](CC=O)C[C@@H](C)[C@@H](O)[C@H]4C=C[C@@H](C[C@@H](C)OC(=O)C[C@@H](O)[C@@H]3OC)N(c3ccc5ccccc5n3)O4)O[C@@H]2C)C[C@@]1(C)O. The van der Waals surface area contributed by atoms with Gasteiger partial charge in [0.05, 0.1) is 54.5 Å². The number of aliphatic hydroxyl groups is 4. The van der Waals surface area contributed by atoms with Crippen molar-refractivity contribution in [2.75, 3.05) is 26.3 Å². The molecule has 2 aromatic rings. The number of benzene rings is 1. The molecule has 5 aliphatic rings. The topological polar surface area (TPSA) is 225 Å². The molecule has 0 aliphatic carbocycles. The van der Waals surface area contributed by atoms with Crippen LogP contribution in [0.25, 0.3) is 10.9 Å². The summed E-state index contributed by atoms with van der Waals surface area (Å²) in [6, 6.07) is 10.2. The van der Waals surface area contributed by atoms with Gasteiger partial charge in [0.2, 0.25) is 0 Å². The number of hydroxylamine groups is 1. The minimum atomic E-state index is -1.50. The average Bonchev–Trinajstić information content (AvgIpc) is 3.25. The van der Waals surface area contributed by atoms with Gasteiger partial charge in [0.1, 0.15) is 42.4 Å². The largest absolute Gasteiger partial charge is 0.462 e. The number of fused-ring (bicyclic) bond motifs is 13. The lowest BCUT2D eigenvalue weighted by Gasteiger charge is -2.50. The van der Waals surface area contributed by atoms with Crippen LogP contribution in [-0.2, 0) is 52.4 Å². The lowest BCUT2D eigenvalue weighted by Crippen LogP contribution is -2.66. The van der Waals surface area contributed by atoms with Gasteiger partial charge in [-0.3, -0.25) is 14.4 Å². The molecule has 0 spiro atoms. The molecule has 6 heterocycles. The van der Waals surface area contributed by atoms with Crippen LogP contribution in [0.2, 0.25) is 0 Å². The van der Waals surface area contributed by atoms with E-state index in [4.69, 9.17) is 43.0 Å². The number of anilines is 1. The van der Waals surface area contributed by atoms with Crippen LogP contribution in [0, 0.1) is 11.8 Å². The number of esters is 2. The van der Waals surface area contributed by atoms with E-state index in [1.54, 1.807) is 64.8 Å². The Morgan fingerprint density at radius 2 is 1.71 bits per heavy atom. The lowest BCUT2D eigenvalue weighted by molar-refractivity contribution is -0.344. The second kappa shape index (κ2) is 22.0. The second-order valence-corrected chi connectivity index (χ2v) is 18.5. The number of aldehydes is 1. The number of ether oxygens (including phenoxy) is 7. The highest BCUT2D eigenvalue weighted by Gasteiger charge is 2.53. The molecule has 0 amide bonds. The smallest absolute Gasteiger partial charge is 0.308 e. The summed E-state index contributed by atoms with van der Waals surface area (Å²) in [6.45, 7) is 10.2. The Balaban J connectivity index is 1.27. The Bertz CT molecular complexity index is 1940. The average molecular weight is 916 g/mol. The van der Waals surface area contributed by atoms with Gasteiger partial charge < -0.3 is 63.3 Å². The molecule has 0 radical (unpaired) electrons. The van der Waals surface area contributed by atoms with E-state index in [0.717, 1.165) is 10.9 Å². The first kappa shape index (κ1) is 50.7. The molecule has 1 aromatic carbocycles. The summed E-state index contributed by atoms with van der Waals surface area (Å²) in [7, 11) is 4.85. The first-order chi connectivity index (χ1) is 30.8. The summed E-state index contributed by atoms with van der Waals surface area (Å²) >= 11 is 0. The maximum Gasteiger partial charge on any atom is 0.308 e. The molecule has 4 N–H and O–H groups in total. The fraction of sp³-hybridized carbons (Fsp3) is 0.702. The third-order valence-corrected chi connectivity index (χ3v) is 13.1. The van der Waals surface area contributed by atoms with Crippen LogP contribution >= 0.6 is 0 Å². The number of hydrogen-bond acceptors (Lipinski definition) is 18. The van der Waals surface area contributed by atoms with Crippen molar-refractivity contribution < 1.29 is 72.8 Å². The molecule has 2 bridgehead atoms. The van der Waals surface area contributed by atoms with Gasteiger partial charge in [0, 0.05) is 38.2 Å². The van der Waals surface area contributed by atoms with Gasteiger partial charge in [-0.15, -0.1) is 0 Å². The number of hydrogen-bond donors (Lipinski definition) is 4. The highest BCUT2D eigenvalue weighted by molar-refractivity contribution is 5.80. The monoisotopic (exact) mass is 915 g/mol. The Kier molecular flexibility index (Phi) is 17.2. The van der Waals surface area contributed by atoms with Crippen LogP contribution < -0.4 is 5.06 Å². The highest BCUT2D eigenvalue weighted by atomic mass is 16.7. The molecular formula is C47H69N3O15. The fourth-order valence-electron chi connectivity index (χ4n) is 9.74. The van der Waals surface area contributed by atoms with Crippen LogP contribution in [-0.4, -0.2) is 167 Å². The fourth-order valence-corrected chi connectivity index (χ4v) is 9.74. The second-order valence-electron chi connectivity index (χ2n) is 18.5. The molecule has 1 aromatic heterocycles. The molecular weight excluding hydrogens is 847 g/mol. The van der Waals surface area contributed by atoms with Crippen LogP contribution in [0.1, 0.15) is 80.1 Å². The number of methoxy groups -OCH3 is 1. The van der Waals surface area contributed by atoms with Gasteiger partial charge in [-0.05, 0) is 78.2 Å². The van der Waals surface area contributed by atoms with Crippen molar-refractivity contribution >= 4 is 34.9 Å². The molecule has 0 unspecified atom stereocenters. The third kappa shape index (κ3) is 11.9. The van der Waals surface area contributed by atoms with E-state index in [1.165, 1.54) is 7.11 Å². The summed E-state index contributed by atoms with van der Waals surface area (Å²) in [4.78, 5) is 51.3. The number of nitrogens with zero attached hydrogens (tertiary/aromatic N) is 3. The van der Waals surface area contributed by atoms with Crippen molar-refractivity contribution in [3.8, 4) is 0 Å². The summed E-state index contributed by atoms with van der Waals surface area (Å²) in [5, 5.41) is 49.8. The highest BCUT2D eigenvalue weighted by Crippen LogP contribution is 2.38. The van der Waals surface area contributed by atoms with Crippen molar-refractivity contribution in [1.29, 1.82) is 0 Å². The number of carbonyl (C=O) groups excluding carboxylic acids is 3. The molecule has 0 saturated carbocycles. The van der Waals surface area contributed by atoms with E-state index in [-0.39, 0.29) is 25.7 Å². The number of para-hydroxylation sites is 1. The summed E-state index contributed by atoms with van der Waals surface area (Å²) in [5.74, 6) is -1.98. The number of likely N-dealkylation sites (N-methyl/N-ethyl adjacent to an activating group) is 1. The molecule has 3 saturated heterocycles. The first-order valence-electron chi connectivity index (χ1n) is 22.8. The van der Waals surface area contributed by atoms with Gasteiger partial charge in [-0.1, -0.05) is 44.2 Å². The standard InChI is InChI=1S/C47H69N3O15/c1-10-36(53)62-45-28(5)60-38(24-47(45,6)57)63-42-27(4)61-46(41(56)39(42)49(7)8)64-43-30(19-20-51)21-25(2)40(55)34-17-16-31(22-26(3)59-37(54)23-33(52)44(43)58-9)50(65-34)35-18-15-29-13-11-12-14-32(29)48-35/h11-18,20,25-28,30-31,33-34,38-46,52,55-57H,10,19,21-24H2,1-9H3/t25-,26-,27-,28+,30+,31+,33-,34-,38+,39-,40-,41-,42-,43+,44+,45+,46-,47-/m1/s1. The number of carbonyl (C=O) groups is 3. The van der Waals surface area contributed by atoms with Gasteiger partial charge in [0.25, 0.3) is 0 Å². The maximum atomic E-state index is 13.5. The van der Waals surface area contributed by atoms with Crippen molar-refractivity contribution in [3.05, 3.63) is 48.6 Å². The molecule has 7 rings (SSSR count). The summed E-state index contributed by atoms with van der Waals surface area (Å²) in [5.41, 5.74) is -0.754. The lowest BCUT2D eigenvalue weighted by atomic mass is 9.81. The Hall–Kier alpha value is -3.66. The molecule has 65 heavy (non-hydrogen) atoms. The summed E-state index contributed by atoms with van der Waals surface area (Å²) < 4.78 is 42.9. The molecule has 3 fully saturated rings. The zero-order chi connectivity index (χ0) is 47.3. The number of aliphatic hydroxyl groups excluding tert-OH is 3. The first-order valence-corrected chi connectivity index (χ1v) is 22.8. The number of rotatable bonds is 11. The van der Waals surface area contributed by atoms with E-state index in [0.29, 0.717) is 18.5 Å². The van der Waals surface area contributed by atoms with Gasteiger partial charge in [0.15, 0.2) is 24.5 Å². The van der Waals surface area contributed by atoms with Crippen LogP contribution in [0.3, 0.4) is 0 Å². The van der Waals surface area contributed by atoms with Crippen molar-refractivity contribution in [1.82, 2.24) is 9.88 Å². The van der Waals surface area contributed by atoms with Crippen molar-refractivity contribution in [3.63, 3.8) is 0 Å². The van der Waals surface area contributed by atoms with E-state index in [1.807, 2.05) is 49.4 Å². The third-order valence-electron chi connectivity index (χ3n) is 13.1. The van der Waals surface area contributed by atoms with Crippen LogP contribution in [0.5, 0.6) is 0 Å². The van der Waals surface area contributed by atoms with E-state index in [2.05, 4.69) is 0 Å². The van der Waals surface area contributed by atoms with E-state index >= 15 is 0 Å². The number of aromatic nitrogens is 1. The quantitative estimate of drug-likeness (QED) is 0.144. The molecule has 18 nitrogen and oxygen atoms in total. The van der Waals surface area contributed by atoms with E-state index < -0.39 is 128 Å². The number of pyridine rings is 1. The minimum Gasteiger partial charge on any atom is -0.462 e. The van der Waals surface area contributed by atoms with Gasteiger partial charge >= 0.3 is 11.9 Å². The molecule has 18 atom stereocenters. The van der Waals surface area contributed by atoms with Crippen molar-refractivity contribution in [2.45, 2.75) is 177 Å². The zero-order valence-corrected chi connectivity index (χ0v) is 38.9. The zero-order valence-electron chi connectivity index (χ0n) is 38.9. The predicted octanol–water partition coefficient (Wildman–Crippen LogP) is 2.99. The minimum absolute atomic E-state index is 0.0485. The Morgan fingerprint density at radius 3 is 2.38 bits per heavy atom. The van der Waals surface area contributed by atoms with E-state index in [9.17, 15) is 34.8 Å². The Labute approximate surface area is 381 Å². The van der Waals surface area contributed by atoms with Gasteiger partial charge in [-0.2, -0.15) is 0 Å².